The minimum Gasteiger partial charge on any atom is -0.741 e. The number of rotatable bonds is 1. The first-order chi connectivity index (χ1) is 8.46. The summed E-state index contributed by atoms with van der Waals surface area (Å²) in [5.41, 5.74) is -2.71. The van der Waals surface area contributed by atoms with Crippen LogP contribution in [0.1, 0.15) is 0 Å². The minimum absolute atomic E-state index is 0.677. The van der Waals surface area contributed by atoms with Gasteiger partial charge in [-0.3, -0.25) is 0 Å². The second kappa shape index (κ2) is 7.85. The van der Waals surface area contributed by atoms with E-state index in [1.54, 1.807) is 0 Å². The summed E-state index contributed by atoms with van der Waals surface area (Å²) in [6, 6.07) is 0. The smallest absolute Gasteiger partial charge is 0.485 e. The molecule has 0 spiro atoms. The van der Waals surface area contributed by atoms with Crippen molar-refractivity contribution in [2.24, 2.45) is 0 Å². The lowest BCUT2D eigenvalue weighted by molar-refractivity contribution is -0.596. The highest BCUT2D eigenvalue weighted by Gasteiger charge is 2.37. The van der Waals surface area contributed by atoms with Gasteiger partial charge in [-0.25, -0.2) is 8.42 Å². The lowest BCUT2D eigenvalue weighted by atomic mass is 10.8. The first-order valence-corrected chi connectivity index (χ1v) is 12.2. The molecule has 120 valence electrons. The normalized spacial score (nSPS) is 12.9. The largest absolute Gasteiger partial charge is 0.741 e. The van der Waals surface area contributed by atoms with E-state index in [1.807, 2.05) is 19.6 Å². The van der Waals surface area contributed by atoms with Crippen molar-refractivity contribution in [1.29, 1.82) is 0 Å². The maximum atomic E-state index is 11.6. The van der Waals surface area contributed by atoms with E-state index in [0.29, 0.717) is 0 Å². The molecule has 0 aliphatic carbocycles. The molecule has 3 nitrogen and oxygen atoms in total. The van der Waals surface area contributed by atoms with Gasteiger partial charge in [0.1, 0.15) is 8.07 Å². The predicted molar refractivity (Wildman–Crippen MR) is 57.8 cm³/mol. The van der Waals surface area contributed by atoms with Gasteiger partial charge in [-0.05, 0) is 0 Å². The minimum atomic E-state index is -6.09. The molecule has 0 radical (unpaired) electrons. The molecule has 0 saturated carbocycles. The van der Waals surface area contributed by atoms with E-state index < -0.39 is 55.5 Å². The molecule has 0 heterocycles. The quantitative estimate of drug-likeness (QED) is 0.102. The van der Waals surface area contributed by atoms with Crippen LogP contribution in [-0.4, -0.2) is 37.2 Å². The van der Waals surface area contributed by atoms with Crippen LogP contribution >= 0.6 is 0 Å². The van der Waals surface area contributed by atoms with Gasteiger partial charge in [-0.15, -0.1) is 0 Å². The van der Waals surface area contributed by atoms with Crippen molar-refractivity contribution in [1.82, 2.24) is 0 Å². The molecule has 0 unspecified atom stereocenters. The molecule has 0 bridgehead atoms. The van der Waals surface area contributed by atoms with Crippen molar-refractivity contribution < 1.29 is 60.5 Å². The molecular weight excluding hydrogens is 445 g/mol. The molecule has 12 heteroatoms. The molecular formula is C8H11F6IO3SSi. The third-order valence-electron chi connectivity index (χ3n) is 0.991. The first-order valence-electron chi connectivity index (χ1n) is 4.65. The average Bonchev–Trinajstić information content (AvgIpc) is 2.07. The number of hydrogen-bond acceptors (Lipinski definition) is 3. The average molecular weight is 456 g/mol. The van der Waals surface area contributed by atoms with Gasteiger partial charge in [0.15, 0.2) is 14.0 Å². The third kappa shape index (κ3) is 16.1. The van der Waals surface area contributed by atoms with E-state index in [4.69, 9.17) is 13.0 Å². The Labute approximate surface area is 124 Å². The molecule has 0 aromatic carbocycles. The highest BCUT2D eigenvalue weighted by Crippen LogP contribution is 2.20. The Morgan fingerprint density at radius 1 is 1.10 bits per heavy atom. The number of halogens is 7. The zero-order valence-electron chi connectivity index (χ0n) is 10.5. The molecule has 20 heavy (non-hydrogen) atoms. The predicted octanol–water partition coefficient (Wildman–Crippen LogP) is -0.473. The monoisotopic (exact) mass is 456 g/mol. The Morgan fingerprint density at radius 3 is 1.65 bits per heavy atom. The van der Waals surface area contributed by atoms with Gasteiger partial charge in [0.05, 0.1) is 0 Å². The fraction of sp³-hybridized carbons (Fsp3) is 0.750. The van der Waals surface area contributed by atoms with Crippen LogP contribution in [0.5, 0.6) is 0 Å². The van der Waals surface area contributed by atoms with E-state index in [1.165, 1.54) is 0 Å². The Balaban J connectivity index is 0. The third-order valence-corrected chi connectivity index (χ3v) is 4.84. The van der Waals surface area contributed by atoms with E-state index in [2.05, 4.69) is 9.47 Å². The maximum Gasteiger partial charge on any atom is 0.485 e. The van der Waals surface area contributed by atoms with Gasteiger partial charge >= 0.3 is 32.9 Å². The van der Waals surface area contributed by atoms with Crippen LogP contribution in [-0.2, 0) is 10.1 Å². The molecule has 0 aliphatic rings. The molecule has 0 aliphatic heterocycles. The Kier molecular flexibility index (Phi) is 8.75. The first kappa shape index (κ1) is 22.3. The highest BCUT2D eigenvalue weighted by atomic mass is 127. The van der Waals surface area contributed by atoms with Crippen LogP contribution < -0.4 is 21.2 Å². The highest BCUT2D eigenvalue weighted by molar-refractivity contribution is 7.86. The summed E-state index contributed by atoms with van der Waals surface area (Å²) in [6.45, 7) is 6.08. The molecule has 0 N–H and O–H groups in total. The van der Waals surface area contributed by atoms with Crippen LogP contribution in [0.2, 0.25) is 19.6 Å². The molecule has 0 atom stereocenters. The van der Waals surface area contributed by atoms with Crippen molar-refractivity contribution in [3.63, 3.8) is 0 Å². The Bertz CT molecular complexity index is 454. The Hall–Kier alpha value is -0.00312. The summed E-state index contributed by atoms with van der Waals surface area (Å²) in [4.78, 5) is 0. The van der Waals surface area contributed by atoms with Gasteiger partial charge in [-0.1, -0.05) is 25.2 Å². The van der Waals surface area contributed by atoms with Gasteiger partial charge < -0.3 is 4.55 Å². The fourth-order valence-corrected chi connectivity index (χ4v) is 4.26. The van der Waals surface area contributed by atoms with Crippen LogP contribution in [0, 0.1) is 9.47 Å². The number of hydrogen-bond donors (Lipinski definition) is 0. The summed E-state index contributed by atoms with van der Waals surface area (Å²) in [5, 5.41) is 0. The van der Waals surface area contributed by atoms with Crippen LogP contribution in [0.15, 0.2) is 0 Å². The lowest BCUT2D eigenvalue weighted by Crippen LogP contribution is -3.61. The summed E-state index contributed by atoms with van der Waals surface area (Å²) in [5.74, 6) is 0. The molecule has 0 aromatic heterocycles. The number of alkyl halides is 7. The summed E-state index contributed by atoms with van der Waals surface area (Å²) in [6.07, 6.45) is -4.01. The van der Waals surface area contributed by atoms with Gasteiger partial charge in [0.25, 0.3) is 4.43 Å². The van der Waals surface area contributed by atoms with E-state index >= 15 is 0 Å². The maximum absolute atomic E-state index is 11.6. The zero-order valence-corrected chi connectivity index (χ0v) is 14.5. The molecule has 0 aromatic rings. The van der Waals surface area contributed by atoms with Gasteiger partial charge in [0, 0.05) is 0 Å². The van der Waals surface area contributed by atoms with Crippen molar-refractivity contribution in [2.75, 3.05) is 4.43 Å². The Morgan fingerprint density at radius 2 is 1.45 bits per heavy atom. The second-order valence-electron chi connectivity index (χ2n) is 4.25. The molecule has 0 fully saturated rings. The van der Waals surface area contributed by atoms with Crippen molar-refractivity contribution in [2.45, 2.75) is 31.3 Å². The molecule has 0 amide bonds. The lowest BCUT2D eigenvalue weighted by Gasteiger charge is -2.08. The SMILES string of the molecule is C[Si](C)(C)C#C[I+]CC(F)(F)F.O=S(=O)([O-])C(F)(F)F. The molecule has 0 saturated heterocycles. The van der Waals surface area contributed by atoms with Crippen molar-refractivity contribution in [3.05, 3.63) is 0 Å². The van der Waals surface area contributed by atoms with Crippen LogP contribution in [0.3, 0.4) is 0 Å². The van der Waals surface area contributed by atoms with Crippen molar-refractivity contribution >= 4 is 18.2 Å². The molecule has 0 rings (SSSR count). The summed E-state index contributed by atoms with van der Waals surface area (Å²) < 4.78 is 95.8. The van der Waals surface area contributed by atoms with Crippen LogP contribution in [0.4, 0.5) is 26.3 Å². The van der Waals surface area contributed by atoms with Gasteiger partial charge in [0.2, 0.25) is 0 Å². The van der Waals surface area contributed by atoms with Gasteiger partial charge in [-0.2, -0.15) is 26.3 Å². The van der Waals surface area contributed by atoms with E-state index in [0.717, 1.165) is 0 Å². The topological polar surface area (TPSA) is 57.2 Å². The van der Waals surface area contributed by atoms with E-state index in [-0.39, 0.29) is 0 Å². The standard InChI is InChI=1S/C7H11F3ISi.CHF3O3S/c1-12(2,3)5-4-11-6-7(8,9)10;2-1(3,4)8(5,6)7/h6H2,1-3H3;(H,5,6,7)/q+1;/p-1. The second-order valence-corrected chi connectivity index (χ2v) is 12.4. The van der Waals surface area contributed by atoms with Crippen molar-refractivity contribution in [3.8, 4) is 9.47 Å². The summed E-state index contributed by atoms with van der Waals surface area (Å²) >= 11 is -0.982. The van der Waals surface area contributed by atoms with E-state index in [9.17, 15) is 26.3 Å². The zero-order chi connectivity index (χ0) is 16.8. The fourth-order valence-electron chi connectivity index (χ4n) is 0.284. The van der Waals surface area contributed by atoms with Crippen LogP contribution in [0.25, 0.3) is 0 Å². The summed E-state index contributed by atoms with van der Waals surface area (Å²) in [7, 11) is -7.54.